The highest BCUT2D eigenvalue weighted by Crippen LogP contribution is 2.22. The van der Waals surface area contributed by atoms with Gasteiger partial charge in [-0.3, -0.25) is 18.7 Å². The zero-order chi connectivity index (χ0) is 27.9. The third-order valence-corrected chi connectivity index (χ3v) is 7.35. The fourth-order valence-electron chi connectivity index (χ4n) is 4.05. The van der Waals surface area contributed by atoms with Gasteiger partial charge in [0.05, 0.1) is 11.9 Å². The van der Waals surface area contributed by atoms with Crippen molar-refractivity contribution < 1.29 is 22.8 Å². The van der Waals surface area contributed by atoms with Crippen LogP contribution in [0.3, 0.4) is 0 Å². The highest BCUT2D eigenvalue weighted by molar-refractivity contribution is 7.92. The van der Waals surface area contributed by atoms with E-state index in [1.165, 1.54) is 31.0 Å². The summed E-state index contributed by atoms with van der Waals surface area (Å²) in [6.45, 7) is 0.831. The van der Waals surface area contributed by atoms with Crippen LogP contribution in [0.4, 0.5) is 5.69 Å². The molecule has 1 atom stereocenters. The maximum atomic E-state index is 13.9. The van der Waals surface area contributed by atoms with Crippen LogP contribution in [0.5, 0.6) is 0 Å². The standard InChI is InChI=1S/C28H30ClN3O5S/c1-20(33)23-12-8-14-25(17-23)32(38(3,36)37)19-27(34)31(18-22-11-7-13-24(29)15-22)26(28(35)30-2)16-21-9-5-4-6-10-21/h4-15,17,26H,16,18-19H2,1-3H3,(H,30,35)/t26-/m1/s1. The van der Waals surface area contributed by atoms with Gasteiger partial charge in [-0.1, -0.05) is 66.2 Å². The predicted octanol–water partition coefficient (Wildman–Crippen LogP) is 3.69. The Hall–Kier alpha value is -3.69. The first-order valence-electron chi connectivity index (χ1n) is 11.9. The van der Waals surface area contributed by atoms with Crippen LogP contribution in [0.1, 0.15) is 28.4 Å². The normalized spacial score (nSPS) is 11.9. The molecule has 0 aliphatic rings. The minimum atomic E-state index is -3.93. The van der Waals surface area contributed by atoms with Crippen LogP contribution in [0, 0.1) is 0 Å². The number of Topliss-reactive ketones (excluding diaryl/α,β-unsaturated/α-hetero) is 1. The topological polar surface area (TPSA) is 104 Å². The molecule has 2 amide bonds. The van der Waals surface area contributed by atoms with Gasteiger partial charge in [0, 0.05) is 30.6 Å². The third kappa shape index (κ3) is 7.66. The lowest BCUT2D eigenvalue weighted by atomic mass is 10.0. The Morgan fingerprint density at radius 1 is 0.921 bits per heavy atom. The zero-order valence-corrected chi connectivity index (χ0v) is 23.0. The molecule has 3 rings (SSSR count). The van der Waals surface area contributed by atoms with E-state index in [0.717, 1.165) is 16.1 Å². The quantitative estimate of drug-likeness (QED) is 0.363. The molecule has 0 heterocycles. The van der Waals surface area contributed by atoms with E-state index in [2.05, 4.69) is 5.32 Å². The van der Waals surface area contributed by atoms with Crippen LogP contribution in [-0.4, -0.2) is 56.8 Å². The van der Waals surface area contributed by atoms with Crippen LogP contribution in [0.15, 0.2) is 78.9 Å². The van der Waals surface area contributed by atoms with Crippen molar-refractivity contribution in [1.82, 2.24) is 10.2 Å². The first-order valence-corrected chi connectivity index (χ1v) is 14.1. The number of carbonyl (C=O) groups excluding carboxylic acids is 3. The number of anilines is 1. The Bertz CT molecular complexity index is 1410. The van der Waals surface area contributed by atoms with Gasteiger partial charge in [0.25, 0.3) is 0 Å². The largest absolute Gasteiger partial charge is 0.357 e. The molecule has 1 N–H and O–H groups in total. The van der Waals surface area contributed by atoms with Crippen molar-refractivity contribution in [1.29, 1.82) is 0 Å². The van der Waals surface area contributed by atoms with E-state index in [4.69, 9.17) is 11.6 Å². The summed E-state index contributed by atoms with van der Waals surface area (Å²) in [5.74, 6) is -1.22. The summed E-state index contributed by atoms with van der Waals surface area (Å²) in [5, 5.41) is 3.09. The third-order valence-electron chi connectivity index (χ3n) is 5.98. The minimum absolute atomic E-state index is 0.0232. The molecule has 0 spiro atoms. The van der Waals surface area contributed by atoms with Gasteiger partial charge in [-0.25, -0.2) is 8.42 Å². The summed E-state index contributed by atoms with van der Waals surface area (Å²) >= 11 is 6.17. The van der Waals surface area contributed by atoms with Crippen LogP contribution < -0.4 is 9.62 Å². The van der Waals surface area contributed by atoms with Crippen molar-refractivity contribution in [2.24, 2.45) is 0 Å². The minimum Gasteiger partial charge on any atom is -0.357 e. The molecule has 0 fully saturated rings. The Labute approximate surface area is 228 Å². The lowest BCUT2D eigenvalue weighted by Gasteiger charge is -2.33. The second-order valence-corrected chi connectivity index (χ2v) is 11.2. The molecule has 200 valence electrons. The summed E-state index contributed by atoms with van der Waals surface area (Å²) in [6.07, 6.45) is 1.20. The van der Waals surface area contributed by atoms with Gasteiger partial charge in [-0.15, -0.1) is 0 Å². The van der Waals surface area contributed by atoms with Crippen LogP contribution in [0.25, 0.3) is 0 Å². The number of amides is 2. The molecule has 0 bridgehead atoms. The van der Waals surface area contributed by atoms with Gasteiger partial charge in [0.15, 0.2) is 5.78 Å². The molecule has 0 aliphatic heterocycles. The Morgan fingerprint density at radius 3 is 2.18 bits per heavy atom. The molecule has 0 saturated carbocycles. The van der Waals surface area contributed by atoms with E-state index in [1.54, 1.807) is 36.4 Å². The molecule has 0 radical (unpaired) electrons. The Kier molecular flexibility index (Phi) is 9.66. The molecular weight excluding hydrogens is 526 g/mol. The van der Waals surface area contributed by atoms with E-state index in [0.29, 0.717) is 16.1 Å². The van der Waals surface area contributed by atoms with E-state index in [9.17, 15) is 22.8 Å². The van der Waals surface area contributed by atoms with Crippen LogP contribution >= 0.6 is 11.6 Å². The number of rotatable bonds is 11. The van der Waals surface area contributed by atoms with Crippen molar-refractivity contribution in [3.8, 4) is 0 Å². The summed E-state index contributed by atoms with van der Waals surface area (Å²) < 4.78 is 26.5. The number of halogens is 1. The summed E-state index contributed by atoms with van der Waals surface area (Å²) in [4.78, 5) is 40.2. The molecule has 3 aromatic rings. The number of carbonyl (C=O) groups is 3. The van der Waals surface area contributed by atoms with Gasteiger partial charge >= 0.3 is 0 Å². The molecule has 10 heteroatoms. The van der Waals surface area contributed by atoms with Gasteiger partial charge in [0.1, 0.15) is 12.6 Å². The number of hydrogen-bond donors (Lipinski definition) is 1. The van der Waals surface area contributed by atoms with Crippen LogP contribution in [0.2, 0.25) is 5.02 Å². The number of ketones is 1. The fraction of sp³-hybridized carbons (Fsp3) is 0.250. The average Bonchev–Trinajstić information content (AvgIpc) is 2.88. The van der Waals surface area contributed by atoms with E-state index >= 15 is 0 Å². The van der Waals surface area contributed by atoms with Crippen molar-refractivity contribution in [2.45, 2.75) is 25.9 Å². The lowest BCUT2D eigenvalue weighted by molar-refractivity contribution is -0.139. The molecule has 0 aromatic heterocycles. The smallest absolute Gasteiger partial charge is 0.244 e. The molecule has 0 saturated heterocycles. The van der Waals surface area contributed by atoms with E-state index < -0.39 is 34.4 Å². The fourth-order valence-corrected chi connectivity index (χ4v) is 5.10. The first kappa shape index (κ1) is 28.9. The number of hydrogen-bond acceptors (Lipinski definition) is 5. The number of sulfonamides is 1. The van der Waals surface area contributed by atoms with Crippen LogP contribution in [-0.2, 0) is 32.6 Å². The van der Waals surface area contributed by atoms with Crippen molar-refractivity contribution >= 4 is 44.9 Å². The zero-order valence-electron chi connectivity index (χ0n) is 21.4. The SMILES string of the molecule is CNC(=O)[C@@H](Cc1ccccc1)N(Cc1cccc(Cl)c1)C(=O)CN(c1cccc(C(C)=O)c1)S(C)(=O)=O. The molecule has 38 heavy (non-hydrogen) atoms. The first-order chi connectivity index (χ1) is 18.0. The van der Waals surface area contributed by atoms with E-state index in [1.807, 2.05) is 30.3 Å². The monoisotopic (exact) mass is 555 g/mol. The van der Waals surface area contributed by atoms with Crippen molar-refractivity contribution in [2.75, 3.05) is 24.2 Å². The van der Waals surface area contributed by atoms with E-state index in [-0.39, 0.29) is 24.4 Å². The van der Waals surface area contributed by atoms with Gasteiger partial charge < -0.3 is 10.2 Å². The van der Waals surface area contributed by atoms with Gasteiger partial charge in [-0.2, -0.15) is 0 Å². The van der Waals surface area contributed by atoms with Gasteiger partial charge in [0.2, 0.25) is 21.8 Å². The number of nitrogens with one attached hydrogen (secondary N) is 1. The van der Waals surface area contributed by atoms with Crippen molar-refractivity contribution in [3.05, 3.63) is 101 Å². The average molecular weight is 556 g/mol. The Morgan fingerprint density at radius 2 is 1.58 bits per heavy atom. The number of likely N-dealkylation sites (N-methyl/N-ethyl adjacent to an activating group) is 1. The summed E-state index contributed by atoms with van der Waals surface area (Å²) in [7, 11) is -2.44. The maximum absolute atomic E-state index is 13.9. The number of nitrogens with zero attached hydrogens (tertiary/aromatic N) is 2. The lowest BCUT2D eigenvalue weighted by Crippen LogP contribution is -2.52. The van der Waals surface area contributed by atoms with Crippen molar-refractivity contribution in [3.63, 3.8) is 0 Å². The Balaban J connectivity index is 2.04. The second-order valence-electron chi connectivity index (χ2n) is 8.85. The highest BCUT2D eigenvalue weighted by atomic mass is 35.5. The highest BCUT2D eigenvalue weighted by Gasteiger charge is 2.32. The predicted molar refractivity (Wildman–Crippen MR) is 149 cm³/mol. The maximum Gasteiger partial charge on any atom is 0.244 e. The molecular formula is C28H30ClN3O5S. The molecule has 3 aromatic carbocycles. The second kappa shape index (κ2) is 12.7. The summed E-state index contributed by atoms with van der Waals surface area (Å²) in [6, 6.07) is 21.3. The molecule has 8 nitrogen and oxygen atoms in total. The summed E-state index contributed by atoms with van der Waals surface area (Å²) in [5.41, 5.74) is 2.00. The molecule has 0 unspecified atom stereocenters. The number of benzene rings is 3. The van der Waals surface area contributed by atoms with Gasteiger partial charge in [-0.05, 0) is 42.3 Å². The molecule has 0 aliphatic carbocycles.